The van der Waals surface area contributed by atoms with E-state index in [4.69, 9.17) is 4.74 Å². The van der Waals surface area contributed by atoms with Gasteiger partial charge in [0, 0.05) is 50.9 Å². The maximum atomic E-state index is 11.6. The number of carbonyl (C=O) groups is 2. The van der Waals surface area contributed by atoms with Crippen molar-refractivity contribution in [2.75, 3.05) is 25.6 Å². The molecular weight excluding hydrogens is 418 g/mol. The van der Waals surface area contributed by atoms with E-state index in [-0.39, 0.29) is 11.9 Å². The Kier molecular flexibility index (Phi) is 8.33. The largest absolute Gasteiger partial charge is 0.494 e. The number of carboxylic acid groups (broad SMARTS) is 1. The summed E-state index contributed by atoms with van der Waals surface area (Å²) in [5.74, 6) is 0.877. The number of benzene rings is 2. The van der Waals surface area contributed by atoms with E-state index in [0.29, 0.717) is 19.2 Å². The van der Waals surface area contributed by atoms with Gasteiger partial charge in [-0.05, 0) is 68.0 Å². The molecule has 0 aromatic heterocycles. The SMILES string of the molecule is CCOc1ccc(-c2ccc(N(C)C(C)=O)cc2)cc1CNC1CCC(N(C)C(=O)O)CC1. The molecular formula is C26H35N3O4. The second-order valence-electron chi connectivity index (χ2n) is 8.66. The fourth-order valence-corrected chi connectivity index (χ4v) is 4.33. The normalized spacial score (nSPS) is 17.9. The first kappa shape index (κ1) is 24.6. The first-order chi connectivity index (χ1) is 15.8. The van der Waals surface area contributed by atoms with Crippen molar-refractivity contribution in [2.24, 2.45) is 0 Å². The summed E-state index contributed by atoms with van der Waals surface area (Å²) >= 11 is 0. The van der Waals surface area contributed by atoms with Crippen molar-refractivity contribution in [1.29, 1.82) is 0 Å². The van der Waals surface area contributed by atoms with Crippen LogP contribution in [0.5, 0.6) is 5.75 Å². The molecule has 7 nitrogen and oxygen atoms in total. The minimum Gasteiger partial charge on any atom is -0.494 e. The van der Waals surface area contributed by atoms with Crippen LogP contribution in [-0.2, 0) is 11.3 Å². The number of nitrogens with one attached hydrogen (secondary N) is 1. The average Bonchev–Trinajstić information content (AvgIpc) is 2.83. The maximum Gasteiger partial charge on any atom is 0.407 e. The minimum absolute atomic E-state index is 0.000756. The van der Waals surface area contributed by atoms with Gasteiger partial charge in [-0.2, -0.15) is 0 Å². The molecule has 0 radical (unpaired) electrons. The highest BCUT2D eigenvalue weighted by Gasteiger charge is 2.26. The van der Waals surface area contributed by atoms with E-state index in [1.54, 1.807) is 25.9 Å². The lowest BCUT2D eigenvalue weighted by Gasteiger charge is -2.33. The predicted molar refractivity (Wildman–Crippen MR) is 131 cm³/mol. The van der Waals surface area contributed by atoms with E-state index in [0.717, 1.165) is 53.8 Å². The zero-order chi connectivity index (χ0) is 24.0. The van der Waals surface area contributed by atoms with E-state index in [1.807, 2.05) is 37.3 Å². The average molecular weight is 454 g/mol. The molecule has 0 heterocycles. The highest BCUT2D eigenvalue weighted by atomic mass is 16.5. The summed E-state index contributed by atoms with van der Waals surface area (Å²) in [5.41, 5.74) is 4.14. The molecule has 7 heteroatoms. The fourth-order valence-electron chi connectivity index (χ4n) is 4.33. The highest BCUT2D eigenvalue weighted by Crippen LogP contribution is 2.29. The Hall–Kier alpha value is -3.06. The molecule has 2 N–H and O–H groups in total. The molecule has 33 heavy (non-hydrogen) atoms. The number of anilines is 1. The third-order valence-electron chi connectivity index (χ3n) is 6.55. The standard InChI is InChI=1S/C26H35N3O4/c1-5-33-25-15-8-20(19-6-11-23(12-7-19)28(3)18(2)30)16-21(25)17-27-22-9-13-24(14-10-22)29(4)26(31)32/h6-8,11-12,15-16,22,24,27H,5,9-10,13-14,17H2,1-4H3,(H,31,32). The molecule has 0 aliphatic heterocycles. The van der Waals surface area contributed by atoms with Gasteiger partial charge in [-0.1, -0.05) is 18.2 Å². The van der Waals surface area contributed by atoms with Crippen LogP contribution >= 0.6 is 0 Å². The molecule has 1 aliphatic rings. The fraction of sp³-hybridized carbons (Fsp3) is 0.462. The summed E-state index contributed by atoms with van der Waals surface area (Å²) in [6.07, 6.45) is 2.80. The number of hydrogen-bond acceptors (Lipinski definition) is 4. The molecule has 1 aliphatic carbocycles. The molecule has 2 aromatic rings. The topological polar surface area (TPSA) is 82.1 Å². The smallest absolute Gasteiger partial charge is 0.407 e. The summed E-state index contributed by atoms with van der Waals surface area (Å²) in [6, 6.07) is 14.7. The maximum absolute atomic E-state index is 11.6. The van der Waals surface area contributed by atoms with Crippen molar-refractivity contribution in [1.82, 2.24) is 10.2 Å². The van der Waals surface area contributed by atoms with Crippen molar-refractivity contribution in [3.8, 4) is 16.9 Å². The third-order valence-corrected chi connectivity index (χ3v) is 6.55. The lowest BCUT2D eigenvalue weighted by molar-refractivity contribution is -0.116. The van der Waals surface area contributed by atoms with Crippen LogP contribution in [-0.4, -0.2) is 54.8 Å². The van der Waals surface area contributed by atoms with Crippen molar-refractivity contribution in [3.63, 3.8) is 0 Å². The molecule has 2 aromatic carbocycles. The lowest BCUT2D eigenvalue weighted by atomic mass is 9.90. The quantitative estimate of drug-likeness (QED) is 0.603. The zero-order valence-corrected chi connectivity index (χ0v) is 20.0. The lowest BCUT2D eigenvalue weighted by Crippen LogP contribution is -2.42. The Morgan fingerprint density at radius 3 is 2.24 bits per heavy atom. The summed E-state index contributed by atoms with van der Waals surface area (Å²) < 4.78 is 5.86. The molecule has 1 saturated carbocycles. The minimum atomic E-state index is -0.856. The van der Waals surface area contributed by atoms with Crippen LogP contribution in [0.25, 0.3) is 11.1 Å². The van der Waals surface area contributed by atoms with E-state index < -0.39 is 6.09 Å². The molecule has 0 unspecified atom stereocenters. The zero-order valence-electron chi connectivity index (χ0n) is 20.0. The van der Waals surface area contributed by atoms with Crippen LogP contribution in [0.1, 0.15) is 45.1 Å². The Labute approximate surface area is 196 Å². The molecule has 0 atom stereocenters. The Morgan fingerprint density at radius 1 is 1.03 bits per heavy atom. The van der Waals surface area contributed by atoms with Gasteiger partial charge >= 0.3 is 6.09 Å². The van der Waals surface area contributed by atoms with Gasteiger partial charge in [0.1, 0.15) is 5.75 Å². The third kappa shape index (κ3) is 6.26. The number of carbonyl (C=O) groups excluding carboxylic acids is 1. The van der Waals surface area contributed by atoms with E-state index >= 15 is 0 Å². The Morgan fingerprint density at radius 2 is 1.67 bits per heavy atom. The van der Waals surface area contributed by atoms with E-state index in [2.05, 4.69) is 17.4 Å². The Bertz CT molecular complexity index is 953. The highest BCUT2D eigenvalue weighted by molar-refractivity contribution is 5.91. The van der Waals surface area contributed by atoms with Gasteiger partial charge in [-0.25, -0.2) is 4.79 Å². The van der Waals surface area contributed by atoms with Gasteiger partial charge in [-0.3, -0.25) is 4.79 Å². The number of hydrogen-bond donors (Lipinski definition) is 2. The van der Waals surface area contributed by atoms with E-state index in [1.165, 1.54) is 4.90 Å². The molecule has 0 spiro atoms. The van der Waals surface area contributed by atoms with Gasteiger partial charge in [0.05, 0.1) is 6.61 Å². The molecule has 0 bridgehead atoms. The second kappa shape index (κ2) is 11.2. The van der Waals surface area contributed by atoms with Gasteiger partial charge in [-0.15, -0.1) is 0 Å². The van der Waals surface area contributed by atoms with Crippen molar-refractivity contribution >= 4 is 17.7 Å². The molecule has 3 rings (SSSR count). The van der Waals surface area contributed by atoms with Crippen molar-refractivity contribution < 1.29 is 19.4 Å². The van der Waals surface area contributed by atoms with Gasteiger partial charge in [0.2, 0.25) is 5.91 Å². The summed E-state index contributed by atoms with van der Waals surface area (Å²) in [5, 5.41) is 12.8. The molecule has 0 saturated heterocycles. The van der Waals surface area contributed by atoms with E-state index in [9.17, 15) is 14.7 Å². The van der Waals surface area contributed by atoms with Crippen LogP contribution in [0.2, 0.25) is 0 Å². The predicted octanol–water partition coefficient (Wildman–Crippen LogP) is 4.75. The molecule has 1 fully saturated rings. The van der Waals surface area contributed by atoms with Crippen LogP contribution < -0.4 is 15.0 Å². The van der Waals surface area contributed by atoms with Gasteiger partial charge in [0.25, 0.3) is 0 Å². The Balaban J connectivity index is 1.68. The van der Waals surface area contributed by atoms with Crippen LogP contribution in [0.15, 0.2) is 42.5 Å². The van der Waals surface area contributed by atoms with Crippen molar-refractivity contribution in [3.05, 3.63) is 48.0 Å². The van der Waals surface area contributed by atoms with Gasteiger partial charge < -0.3 is 25.0 Å². The first-order valence-electron chi connectivity index (χ1n) is 11.6. The first-order valence-corrected chi connectivity index (χ1v) is 11.6. The number of amides is 2. The summed E-state index contributed by atoms with van der Waals surface area (Å²) in [7, 11) is 3.43. The number of rotatable bonds is 8. The van der Waals surface area contributed by atoms with Gasteiger partial charge in [0.15, 0.2) is 0 Å². The molecule has 178 valence electrons. The van der Waals surface area contributed by atoms with Crippen LogP contribution in [0, 0.1) is 0 Å². The monoisotopic (exact) mass is 453 g/mol. The van der Waals surface area contributed by atoms with Crippen LogP contribution in [0.4, 0.5) is 10.5 Å². The molecule has 2 amide bonds. The van der Waals surface area contributed by atoms with Crippen LogP contribution in [0.3, 0.4) is 0 Å². The summed E-state index contributed by atoms with van der Waals surface area (Å²) in [6.45, 7) is 4.83. The summed E-state index contributed by atoms with van der Waals surface area (Å²) in [4.78, 5) is 25.9. The van der Waals surface area contributed by atoms with Crippen molar-refractivity contribution in [2.45, 2.75) is 58.2 Å². The number of ether oxygens (including phenoxy) is 1. The second-order valence-corrected chi connectivity index (χ2v) is 8.66. The number of nitrogens with zero attached hydrogens (tertiary/aromatic N) is 2.